The third-order valence-electron chi connectivity index (χ3n) is 4.70. The van der Waals surface area contributed by atoms with Gasteiger partial charge in [-0.1, -0.05) is 18.5 Å². The van der Waals surface area contributed by atoms with Crippen molar-refractivity contribution in [1.29, 1.82) is 0 Å². The maximum atomic E-state index is 13.5. The van der Waals surface area contributed by atoms with Crippen LogP contribution in [0.4, 0.5) is 22.6 Å². The van der Waals surface area contributed by atoms with E-state index in [1.165, 1.54) is 25.9 Å². The van der Waals surface area contributed by atoms with Crippen molar-refractivity contribution in [3.05, 3.63) is 32.4 Å². The van der Waals surface area contributed by atoms with Gasteiger partial charge in [-0.05, 0) is 25.8 Å². The molecule has 188 valence electrons. The molecule has 0 aliphatic heterocycles. The molecule has 0 saturated carbocycles. The topological polar surface area (TPSA) is 93.5 Å². The molecule has 0 aliphatic carbocycles. The molecule has 2 amide bonds. The molecule has 34 heavy (non-hydrogen) atoms. The lowest BCUT2D eigenvalue weighted by Crippen LogP contribution is -2.26. The number of hydrogen-bond acceptors (Lipinski definition) is 6. The molecule has 0 aliphatic rings. The van der Waals surface area contributed by atoms with Crippen LogP contribution in [0.25, 0.3) is 0 Å². The number of esters is 1. The van der Waals surface area contributed by atoms with Gasteiger partial charge in [0.05, 0.1) is 22.1 Å². The van der Waals surface area contributed by atoms with E-state index in [0.717, 1.165) is 18.3 Å². The van der Waals surface area contributed by atoms with Crippen LogP contribution in [0.5, 0.6) is 0 Å². The fourth-order valence-corrected chi connectivity index (χ4v) is 4.43. The summed E-state index contributed by atoms with van der Waals surface area (Å²) in [6.07, 6.45) is -5.99. The van der Waals surface area contributed by atoms with E-state index >= 15 is 0 Å². The van der Waals surface area contributed by atoms with E-state index in [2.05, 4.69) is 10.4 Å². The Balaban J connectivity index is 2.49. The molecular weight excluding hydrogens is 504 g/mol. The molecule has 0 radical (unpaired) electrons. The number of nitrogens with zero attached hydrogens (tertiary/aromatic N) is 3. The van der Waals surface area contributed by atoms with Crippen LogP contribution in [0.3, 0.4) is 0 Å². The van der Waals surface area contributed by atoms with Gasteiger partial charge < -0.3 is 15.0 Å². The molecule has 0 aromatic carbocycles. The molecule has 1 N–H and O–H groups in total. The number of amides is 2. The Kier molecular flexibility index (Phi) is 9.06. The molecule has 8 nitrogen and oxygen atoms in total. The number of carbonyl (C=O) groups excluding carboxylic acids is 3. The molecule has 1 atom stereocenters. The summed E-state index contributed by atoms with van der Waals surface area (Å²) in [6.45, 7) is 4.53. The molecule has 2 heterocycles. The largest absolute Gasteiger partial charge is 0.462 e. The van der Waals surface area contributed by atoms with Crippen molar-refractivity contribution in [2.24, 2.45) is 0 Å². The average molecular weight is 527 g/mol. The lowest BCUT2D eigenvalue weighted by molar-refractivity contribution is -0.119. The van der Waals surface area contributed by atoms with E-state index in [0.29, 0.717) is 11.1 Å². The van der Waals surface area contributed by atoms with Crippen LogP contribution < -0.4 is 5.32 Å². The van der Waals surface area contributed by atoms with Gasteiger partial charge >= 0.3 is 5.97 Å². The van der Waals surface area contributed by atoms with Crippen molar-refractivity contribution in [3.8, 4) is 0 Å². The summed E-state index contributed by atoms with van der Waals surface area (Å²) in [5.41, 5.74) is -1.91. The zero-order valence-electron chi connectivity index (χ0n) is 18.9. The van der Waals surface area contributed by atoms with E-state index in [1.807, 2.05) is 0 Å². The highest BCUT2D eigenvalue weighted by molar-refractivity contribution is 7.18. The van der Waals surface area contributed by atoms with Crippen LogP contribution in [0.2, 0.25) is 5.02 Å². The summed E-state index contributed by atoms with van der Waals surface area (Å²) in [6, 6.07) is -1.51. The number of nitrogens with one attached hydrogen (secondary N) is 1. The van der Waals surface area contributed by atoms with Crippen molar-refractivity contribution in [3.63, 3.8) is 0 Å². The maximum Gasteiger partial charge on any atom is 0.341 e. The molecule has 1 unspecified atom stereocenters. The Morgan fingerprint density at radius 3 is 2.32 bits per heavy atom. The van der Waals surface area contributed by atoms with Gasteiger partial charge in [0, 0.05) is 14.1 Å². The second kappa shape index (κ2) is 11.2. The summed E-state index contributed by atoms with van der Waals surface area (Å²) < 4.78 is 58.8. The molecule has 0 bridgehead atoms. The van der Waals surface area contributed by atoms with Gasteiger partial charge in [0.2, 0.25) is 5.91 Å². The Morgan fingerprint density at radius 1 is 1.21 bits per heavy atom. The number of aromatic nitrogens is 2. The Morgan fingerprint density at radius 2 is 1.82 bits per heavy atom. The number of thiophene rings is 1. The van der Waals surface area contributed by atoms with Crippen LogP contribution in [0.1, 0.15) is 76.1 Å². The number of ether oxygens (including phenoxy) is 1. The predicted molar refractivity (Wildman–Crippen MR) is 118 cm³/mol. The number of alkyl halides is 4. The summed E-state index contributed by atoms with van der Waals surface area (Å²) in [5, 5.41) is 4.85. The van der Waals surface area contributed by atoms with Gasteiger partial charge in [0.1, 0.15) is 22.4 Å². The standard InChI is InChI=1S/C20H23ClF4N4O4S/c1-6-7-33-20(32)10-8(2)14(19(31)28(4)5)34-18(10)26-17(30)9(3)29-13(16(24)25)11(21)12(27-29)15(22)23/h9,15-16H,6-7H2,1-5H3,(H,26,30). The minimum atomic E-state index is -3.28. The zero-order chi connectivity index (χ0) is 25.9. The molecule has 2 aromatic rings. The van der Waals surface area contributed by atoms with E-state index in [4.69, 9.17) is 16.3 Å². The van der Waals surface area contributed by atoms with Crippen LogP contribution >= 0.6 is 22.9 Å². The van der Waals surface area contributed by atoms with Gasteiger partial charge in [-0.15, -0.1) is 11.3 Å². The summed E-state index contributed by atoms with van der Waals surface area (Å²) >= 11 is 6.46. The van der Waals surface area contributed by atoms with Crippen molar-refractivity contribution in [1.82, 2.24) is 14.7 Å². The highest BCUT2D eigenvalue weighted by Gasteiger charge is 2.33. The fraction of sp³-hybridized carbons (Fsp3) is 0.500. The number of rotatable bonds is 9. The Bertz CT molecular complexity index is 1090. The number of anilines is 1. The normalized spacial score (nSPS) is 12.2. The zero-order valence-corrected chi connectivity index (χ0v) is 20.5. The quantitative estimate of drug-likeness (QED) is 0.356. The lowest BCUT2D eigenvalue weighted by atomic mass is 10.1. The highest BCUT2D eigenvalue weighted by Crippen LogP contribution is 2.38. The molecule has 2 rings (SSSR count). The molecule has 2 aromatic heterocycles. The maximum absolute atomic E-state index is 13.5. The van der Waals surface area contributed by atoms with Crippen LogP contribution in [0.15, 0.2) is 0 Å². The highest BCUT2D eigenvalue weighted by atomic mass is 35.5. The smallest absolute Gasteiger partial charge is 0.341 e. The van der Waals surface area contributed by atoms with Gasteiger partial charge in [-0.3, -0.25) is 9.59 Å². The first-order chi connectivity index (χ1) is 15.8. The minimum Gasteiger partial charge on any atom is -0.462 e. The van der Waals surface area contributed by atoms with Gasteiger partial charge in [0.15, 0.2) is 0 Å². The van der Waals surface area contributed by atoms with Crippen molar-refractivity contribution in [2.45, 2.75) is 46.1 Å². The van der Waals surface area contributed by atoms with Crippen molar-refractivity contribution in [2.75, 3.05) is 26.0 Å². The lowest BCUT2D eigenvalue weighted by Gasteiger charge is -2.15. The fourth-order valence-electron chi connectivity index (χ4n) is 2.92. The van der Waals surface area contributed by atoms with Crippen molar-refractivity contribution < 1.29 is 36.7 Å². The predicted octanol–water partition coefficient (Wildman–Crippen LogP) is 5.25. The minimum absolute atomic E-state index is 0.0495. The number of halogens is 5. The third kappa shape index (κ3) is 5.52. The van der Waals surface area contributed by atoms with E-state index in [-0.39, 0.29) is 27.6 Å². The van der Waals surface area contributed by atoms with Gasteiger partial charge in [-0.2, -0.15) is 5.10 Å². The van der Waals surface area contributed by atoms with E-state index < -0.39 is 53.1 Å². The Labute approximate surface area is 201 Å². The molecule has 0 fully saturated rings. The first-order valence-corrected chi connectivity index (χ1v) is 11.2. The van der Waals surface area contributed by atoms with E-state index in [1.54, 1.807) is 6.92 Å². The number of hydrogen-bond donors (Lipinski definition) is 1. The first kappa shape index (κ1) is 27.6. The second-order valence-corrected chi connectivity index (χ2v) is 8.79. The number of carbonyl (C=O) groups is 3. The van der Waals surface area contributed by atoms with Crippen LogP contribution in [-0.2, 0) is 9.53 Å². The Hall–Kier alpha value is -2.67. The average Bonchev–Trinajstić information content (AvgIpc) is 3.27. The van der Waals surface area contributed by atoms with Crippen molar-refractivity contribution >= 4 is 45.7 Å². The molecule has 0 spiro atoms. The summed E-state index contributed by atoms with van der Waals surface area (Å²) in [7, 11) is 3.01. The molecule has 14 heteroatoms. The van der Waals surface area contributed by atoms with Gasteiger partial charge in [-0.25, -0.2) is 27.0 Å². The molecule has 0 saturated heterocycles. The molecular formula is C20H23ClF4N4O4S. The SMILES string of the molecule is CCCOC(=O)c1c(NC(=O)C(C)n2nc(C(F)F)c(Cl)c2C(F)F)sc(C(=O)N(C)C)c1C. The second-order valence-electron chi connectivity index (χ2n) is 7.39. The van der Waals surface area contributed by atoms with E-state index in [9.17, 15) is 31.9 Å². The third-order valence-corrected chi connectivity index (χ3v) is 6.28. The summed E-state index contributed by atoms with van der Waals surface area (Å²) in [4.78, 5) is 39.5. The van der Waals surface area contributed by atoms with Crippen LogP contribution in [-0.4, -0.2) is 53.2 Å². The monoisotopic (exact) mass is 526 g/mol. The van der Waals surface area contributed by atoms with Crippen LogP contribution in [0, 0.1) is 6.92 Å². The first-order valence-electron chi connectivity index (χ1n) is 10.00. The summed E-state index contributed by atoms with van der Waals surface area (Å²) in [5.74, 6) is -2.16. The van der Waals surface area contributed by atoms with Gasteiger partial charge in [0.25, 0.3) is 18.8 Å².